The van der Waals surface area contributed by atoms with Gasteiger partial charge < -0.3 is 10.2 Å². The number of aromatic nitrogens is 1. The second-order valence-corrected chi connectivity index (χ2v) is 5.19. The Hall–Kier alpha value is -1.49. The van der Waals surface area contributed by atoms with Gasteiger partial charge in [0.1, 0.15) is 0 Å². The number of carbonyl (C=O) groups excluding carboxylic acids is 1. The van der Waals surface area contributed by atoms with Crippen LogP contribution in [0.3, 0.4) is 0 Å². The van der Waals surface area contributed by atoms with Crippen LogP contribution in [0.4, 0.5) is 4.39 Å². The van der Waals surface area contributed by atoms with Gasteiger partial charge in [0.05, 0.1) is 5.56 Å². The normalized spacial score (nSPS) is 17.4. The van der Waals surface area contributed by atoms with Crippen LogP contribution in [0.1, 0.15) is 30.1 Å². The summed E-state index contributed by atoms with van der Waals surface area (Å²) < 4.78 is 12.6. The highest BCUT2D eigenvalue weighted by Crippen LogP contribution is 2.09. The maximum absolute atomic E-state index is 12.6. The molecule has 1 aromatic rings. The van der Waals surface area contributed by atoms with Crippen molar-refractivity contribution in [1.82, 2.24) is 15.2 Å². The zero-order valence-corrected chi connectivity index (χ0v) is 11.2. The Morgan fingerprint density at radius 3 is 2.84 bits per heavy atom. The van der Waals surface area contributed by atoms with E-state index >= 15 is 0 Å². The molecule has 104 valence electrons. The Labute approximate surface area is 113 Å². The van der Waals surface area contributed by atoms with Crippen LogP contribution in [0.5, 0.6) is 0 Å². The van der Waals surface area contributed by atoms with Crippen LogP contribution in [0, 0.1) is 11.9 Å². The first-order valence-electron chi connectivity index (χ1n) is 6.77. The molecule has 1 saturated heterocycles. The minimum atomic E-state index is -0.570. The summed E-state index contributed by atoms with van der Waals surface area (Å²) in [6.45, 7) is 6.11. The Balaban J connectivity index is 1.74. The smallest absolute Gasteiger partial charge is 0.252 e. The maximum Gasteiger partial charge on any atom is 0.252 e. The largest absolute Gasteiger partial charge is 0.352 e. The van der Waals surface area contributed by atoms with Gasteiger partial charge in [-0.3, -0.25) is 4.79 Å². The van der Waals surface area contributed by atoms with E-state index in [0.717, 1.165) is 6.54 Å². The molecule has 1 fully saturated rings. The molecule has 1 aromatic heterocycles. The molecule has 1 aliphatic heterocycles. The number of hydrogen-bond donors (Lipinski definition) is 1. The minimum absolute atomic E-state index is 0.194. The van der Waals surface area contributed by atoms with Crippen LogP contribution < -0.4 is 5.32 Å². The Bertz CT molecular complexity index is 415. The number of likely N-dealkylation sites (tertiary alicyclic amines) is 1. The molecule has 19 heavy (non-hydrogen) atoms. The van der Waals surface area contributed by atoms with Gasteiger partial charge in [0.15, 0.2) is 0 Å². The fourth-order valence-electron chi connectivity index (χ4n) is 2.35. The number of amides is 1. The molecule has 1 amide bonds. The highest BCUT2D eigenvalue weighted by atomic mass is 19.1. The van der Waals surface area contributed by atoms with Crippen LogP contribution >= 0.6 is 0 Å². The molecule has 2 heterocycles. The number of rotatable bonds is 5. The van der Waals surface area contributed by atoms with Gasteiger partial charge in [0, 0.05) is 19.3 Å². The number of pyridine rings is 1. The predicted molar refractivity (Wildman–Crippen MR) is 71.4 cm³/mol. The van der Waals surface area contributed by atoms with E-state index < -0.39 is 5.95 Å². The van der Waals surface area contributed by atoms with Crippen molar-refractivity contribution < 1.29 is 9.18 Å². The van der Waals surface area contributed by atoms with Crippen LogP contribution in [0.25, 0.3) is 0 Å². The fraction of sp³-hybridized carbons (Fsp3) is 0.571. The summed E-state index contributed by atoms with van der Waals surface area (Å²) in [6, 6.07) is 2.64. The average molecular weight is 265 g/mol. The molecule has 0 saturated carbocycles. The number of carbonyl (C=O) groups is 1. The van der Waals surface area contributed by atoms with E-state index in [9.17, 15) is 9.18 Å². The lowest BCUT2D eigenvalue weighted by atomic mass is 10.1. The summed E-state index contributed by atoms with van der Waals surface area (Å²) in [6.07, 6.45) is 3.82. The van der Waals surface area contributed by atoms with E-state index in [4.69, 9.17) is 0 Å². The van der Waals surface area contributed by atoms with Crippen molar-refractivity contribution in [3.63, 3.8) is 0 Å². The maximum atomic E-state index is 12.6. The number of nitrogens with zero attached hydrogens (tertiary/aromatic N) is 2. The molecule has 0 spiro atoms. The fourth-order valence-corrected chi connectivity index (χ4v) is 2.35. The van der Waals surface area contributed by atoms with Crippen molar-refractivity contribution in [2.24, 2.45) is 5.92 Å². The molecular weight excluding hydrogens is 245 g/mol. The van der Waals surface area contributed by atoms with Crippen LogP contribution in [-0.2, 0) is 0 Å². The lowest BCUT2D eigenvalue weighted by molar-refractivity contribution is 0.0944. The van der Waals surface area contributed by atoms with Crippen molar-refractivity contribution >= 4 is 5.91 Å². The molecular formula is C14H20FN3O. The SMILES string of the molecule is CC(CNC(=O)c1ccc(F)nc1)CN1CCCC1. The van der Waals surface area contributed by atoms with Gasteiger partial charge in [-0.25, -0.2) is 4.98 Å². The molecule has 1 aliphatic rings. The standard InChI is InChI=1S/C14H20FN3O/c1-11(10-18-6-2-3-7-18)8-17-14(19)12-4-5-13(15)16-9-12/h4-5,9,11H,2-3,6-8,10H2,1H3,(H,17,19). The monoisotopic (exact) mass is 265 g/mol. The van der Waals surface area contributed by atoms with E-state index in [1.54, 1.807) is 0 Å². The molecule has 2 rings (SSSR count). The highest BCUT2D eigenvalue weighted by Gasteiger charge is 2.15. The topological polar surface area (TPSA) is 45.2 Å². The van der Waals surface area contributed by atoms with Crippen LogP contribution in [-0.4, -0.2) is 42.0 Å². The second kappa shape index (κ2) is 6.61. The molecule has 0 radical (unpaired) electrons. The van der Waals surface area contributed by atoms with E-state index in [1.807, 2.05) is 0 Å². The average Bonchev–Trinajstić information content (AvgIpc) is 2.89. The van der Waals surface area contributed by atoms with Crippen molar-refractivity contribution in [2.45, 2.75) is 19.8 Å². The summed E-state index contributed by atoms with van der Waals surface area (Å²) in [4.78, 5) is 17.7. The highest BCUT2D eigenvalue weighted by molar-refractivity contribution is 5.93. The van der Waals surface area contributed by atoms with Gasteiger partial charge in [-0.1, -0.05) is 6.92 Å². The number of nitrogens with one attached hydrogen (secondary N) is 1. The third-order valence-electron chi connectivity index (χ3n) is 3.37. The summed E-state index contributed by atoms with van der Waals surface area (Å²) in [7, 11) is 0. The van der Waals surface area contributed by atoms with Crippen molar-refractivity contribution in [3.05, 3.63) is 29.8 Å². The first-order chi connectivity index (χ1) is 9.15. The molecule has 1 unspecified atom stereocenters. The molecule has 5 heteroatoms. The van der Waals surface area contributed by atoms with E-state index in [0.29, 0.717) is 18.0 Å². The molecule has 0 aromatic carbocycles. The van der Waals surface area contributed by atoms with Gasteiger partial charge in [-0.05, 0) is 44.0 Å². The van der Waals surface area contributed by atoms with Crippen molar-refractivity contribution in [3.8, 4) is 0 Å². The van der Waals surface area contributed by atoms with Crippen molar-refractivity contribution in [2.75, 3.05) is 26.2 Å². The second-order valence-electron chi connectivity index (χ2n) is 5.19. The van der Waals surface area contributed by atoms with Gasteiger partial charge in [0.2, 0.25) is 5.95 Å². The Morgan fingerprint density at radius 1 is 1.47 bits per heavy atom. The Kier molecular flexibility index (Phi) is 4.85. The van der Waals surface area contributed by atoms with E-state index in [2.05, 4.69) is 22.1 Å². The lowest BCUT2D eigenvalue weighted by Gasteiger charge is -2.20. The molecule has 4 nitrogen and oxygen atoms in total. The van der Waals surface area contributed by atoms with Crippen LogP contribution in [0.15, 0.2) is 18.3 Å². The Morgan fingerprint density at radius 2 is 2.21 bits per heavy atom. The summed E-state index contributed by atoms with van der Waals surface area (Å²) in [5.74, 6) is -0.352. The number of halogens is 1. The first kappa shape index (κ1) is 13.9. The van der Waals surface area contributed by atoms with E-state index in [-0.39, 0.29) is 5.91 Å². The summed E-state index contributed by atoms with van der Waals surface area (Å²) >= 11 is 0. The quantitative estimate of drug-likeness (QED) is 0.824. The minimum Gasteiger partial charge on any atom is -0.352 e. The summed E-state index contributed by atoms with van der Waals surface area (Å²) in [5.41, 5.74) is 0.398. The summed E-state index contributed by atoms with van der Waals surface area (Å²) in [5, 5.41) is 2.86. The first-order valence-corrected chi connectivity index (χ1v) is 6.77. The zero-order chi connectivity index (χ0) is 13.7. The lowest BCUT2D eigenvalue weighted by Crippen LogP contribution is -2.34. The number of hydrogen-bond acceptors (Lipinski definition) is 3. The van der Waals surface area contributed by atoms with Gasteiger partial charge in [-0.15, -0.1) is 0 Å². The molecule has 0 bridgehead atoms. The molecule has 1 atom stereocenters. The predicted octanol–water partition coefficient (Wildman–Crippen LogP) is 1.68. The van der Waals surface area contributed by atoms with E-state index in [1.165, 1.54) is 44.3 Å². The van der Waals surface area contributed by atoms with Crippen molar-refractivity contribution in [1.29, 1.82) is 0 Å². The van der Waals surface area contributed by atoms with Gasteiger partial charge in [-0.2, -0.15) is 4.39 Å². The third-order valence-corrected chi connectivity index (χ3v) is 3.37. The zero-order valence-electron chi connectivity index (χ0n) is 11.2. The third kappa shape index (κ3) is 4.28. The molecule has 1 N–H and O–H groups in total. The van der Waals surface area contributed by atoms with Gasteiger partial charge in [0.25, 0.3) is 5.91 Å². The van der Waals surface area contributed by atoms with Crippen LogP contribution in [0.2, 0.25) is 0 Å². The molecule has 0 aliphatic carbocycles. The van der Waals surface area contributed by atoms with Gasteiger partial charge >= 0.3 is 0 Å².